The van der Waals surface area contributed by atoms with Crippen LogP contribution in [0.3, 0.4) is 0 Å². The molecule has 2 saturated heterocycles. The number of rotatable bonds is 9. The Bertz CT molecular complexity index is 1150. The van der Waals surface area contributed by atoms with E-state index in [-0.39, 0.29) is 25.4 Å². The highest BCUT2D eigenvalue weighted by Crippen LogP contribution is 2.44. The number of amides is 4. The summed E-state index contributed by atoms with van der Waals surface area (Å²) < 4.78 is 34.1. The van der Waals surface area contributed by atoms with Crippen LogP contribution in [0.5, 0.6) is 5.75 Å². The van der Waals surface area contributed by atoms with Crippen molar-refractivity contribution in [3.63, 3.8) is 0 Å². The van der Waals surface area contributed by atoms with Gasteiger partial charge in [-0.2, -0.15) is 5.26 Å². The molecule has 39 heavy (non-hydrogen) atoms. The average molecular weight is 544 g/mol. The van der Waals surface area contributed by atoms with Crippen LogP contribution in [0.2, 0.25) is 0 Å². The number of carbonyl (C=O) groups is 3. The van der Waals surface area contributed by atoms with Crippen LogP contribution < -0.4 is 15.0 Å². The minimum Gasteiger partial charge on any atom is -0.497 e. The minimum absolute atomic E-state index is 0.0147. The minimum atomic E-state index is -3.16. The molecule has 210 valence electrons. The van der Waals surface area contributed by atoms with Crippen LogP contribution in [0.25, 0.3) is 0 Å². The molecule has 0 bridgehead atoms. The number of urea groups is 1. The Balaban J connectivity index is 1.38. The van der Waals surface area contributed by atoms with Gasteiger partial charge in [0.2, 0.25) is 5.91 Å². The predicted octanol–water partition coefficient (Wildman–Crippen LogP) is 4.32. The lowest BCUT2D eigenvalue weighted by Crippen LogP contribution is -2.53. The predicted molar refractivity (Wildman–Crippen MR) is 141 cm³/mol. The van der Waals surface area contributed by atoms with E-state index >= 15 is 0 Å². The van der Waals surface area contributed by atoms with Crippen molar-refractivity contribution in [2.45, 2.75) is 70.3 Å². The number of alkyl halides is 2. The molecule has 1 spiro atoms. The van der Waals surface area contributed by atoms with Gasteiger partial charge in [-0.15, -0.1) is 0 Å². The van der Waals surface area contributed by atoms with Gasteiger partial charge in [-0.1, -0.05) is 13.3 Å². The third-order valence-electron chi connectivity index (χ3n) is 8.07. The molecule has 0 aromatic heterocycles. The maximum Gasteiger partial charge on any atom is 0.318 e. The molecule has 1 aromatic rings. The first-order valence-corrected chi connectivity index (χ1v) is 13.5. The van der Waals surface area contributed by atoms with Crippen molar-refractivity contribution in [2.75, 3.05) is 31.6 Å². The third-order valence-corrected chi connectivity index (χ3v) is 8.07. The number of methoxy groups -OCH3 is 1. The number of carbonyl (C=O) groups excluding carboxylic acids is 3. The molecular weight excluding hydrogens is 508 g/mol. The van der Waals surface area contributed by atoms with Crippen molar-refractivity contribution >= 4 is 29.7 Å². The Morgan fingerprint density at radius 1 is 1.18 bits per heavy atom. The molecule has 11 heteroatoms. The number of nitrogens with zero attached hydrogens (tertiary/aromatic N) is 4. The van der Waals surface area contributed by atoms with Crippen molar-refractivity contribution in [3.8, 4) is 11.8 Å². The van der Waals surface area contributed by atoms with E-state index in [4.69, 9.17) is 4.74 Å². The fourth-order valence-corrected chi connectivity index (χ4v) is 5.32. The normalized spacial score (nSPS) is 20.6. The molecule has 2 aliphatic heterocycles. The summed E-state index contributed by atoms with van der Waals surface area (Å²) >= 11 is 0. The summed E-state index contributed by atoms with van der Waals surface area (Å²) in [5, 5.41) is 11.7. The first kappa shape index (κ1) is 28.5. The highest BCUT2D eigenvalue weighted by Gasteiger charge is 2.49. The van der Waals surface area contributed by atoms with Gasteiger partial charge in [0.25, 0.3) is 11.8 Å². The van der Waals surface area contributed by atoms with Gasteiger partial charge in [0.05, 0.1) is 24.0 Å². The van der Waals surface area contributed by atoms with Gasteiger partial charge in [0.15, 0.2) is 0 Å². The van der Waals surface area contributed by atoms with Gasteiger partial charge >= 0.3 is 6.03 Å². The number of anilines is 1. The summed E-state index contributed by atoms with van der Waals surface area (Å²) in [4.78, 5) is 46.2. The molecule has 3 aliphatic rings. The van der Waals surface area contributed by atoms with Crippen LogP contribution in [-0.2, 0) is 9.59 Å². The fraction of sp³-hybridized carbons (Fsp3) is 0.607. The smallest absolute Gasteiger partial charge is 0.318 e. The zero-order valence-corrected chi connectivity index (χ0v) is 22.4. The molecule has 4 amide bonds. The van der Waals surface area contributed by atoms with E-state index in [1.165, 1.54) is 11.1 Å². The van der Waals surface area contributed by atoms with Crippen molar-refractivity contribution < 1.29 is 27.9 Å². The summed E-state index contributed by atoms with van der Waals surface area (Å²) in [5.41, 5.74) is -0.609. The zero-order valence-electron chi connectivity index (χ0n) is 22.4. The summed E-state index contributed by atoms with van der Waals surface area (Å²) in [5.74, 6) is -3.33. The van der Waals surface area contributed by atoms with Gasteiger partial charge in [0, 0.05) is 44.4 Å². The summed E-state index contributed by atoms with van der Waals surface area (Å²) in [6, 6.07) is 7.21. The summed E-state index contributed by atoms with van der Waals surface area (Å²) in [6.45, 7) is 2.72. The SMILES string of the molecule is CCCC(F)(F)C[C@H](NC(=O)N1CCC2(CC1)CCN(c1ccc(OC)cc1)C2=O)C(=O)N=CC1(C#N)CC1. The van der Waals surface area contributed by atoms with Crippen molar-refractivity contribution in [3.05, 3.63) is 24.3 Å². The average Bonchev–Trinajstić information content (AvgIpc) is 3.65. The van der Waals surface area contributed by atoms with Gasteiger partial charge in [0.1, 0.15) is 11.8 Å². The van der Waals surface area contributed by atoms with E-state index < -0.39 is 47.6 Å². The monoisotopic (exact) mass is 543 g/mol. The molecule has 9 nitrogen and oxygen atoms in total. The Morgan fingerprint density at radius 3 is 2.38 bits per heavy atom. The molecule has 1 N–H and O–H groups in total. The van der Waals surface area contributed by atoms with Crippen LogP contribution in [0, 0.1) is 22.2 Å². The number of nitriles is 1. The molecule has 1 saturated carbocycles. The second kappa shape index (κ2) is 11.3. The van der Waals surface area contributed by atoms with E-state index in [1.54, 1.807) is 31.1 Å². The lowest BCUT2D eigenvalue weighted by atomic mass is 9.77. The van der Waals surface area contributed by atoms with E-state index in [1.807, 2.05) is 12.1 Å². The molecule has 4 rings (SSSR count). The second-order valence-corrected chi connectivity index (χ2v) is 10.8. The second-order valence-electron chi connectivity index (χ2n) is 10.8. The maximum atomic E-state index is 14.5. The van der Waals surface area contributed by atoms with Crippen molar-refractivity contribution in [2.24, 2.45) is 15.8 Å². The number of hydrogen-bond acceptors (Lipinski definition) is 5. The number of nitrogens with one attached hydrogen (secondary N) is 1. The third kappa shape index (κ3) is 6.37. The number of ether oxygens (including phenoxy) is 1. The summed E-state index contributed by atoms with van der Waals surface area (Å²) in [7, 11) is 1.58. The van der Waals surface area contributed by atoms with Crippen molar-refractivity contribution in [1.82, 2.24) is 10.2 Å². The lowest BCUT2D eigenvalue weighted by Gasteiger charge is -2.38. The molecule has 1 aromatic carbocycles. The van der Waals surface area contributed by atoms with Crippen LogP contribution in [-0.4, -0.2) is 67.7 Å². The molecule has 3 fully saturated rings. The number of aliphatic imine (C=N–C) groups is 1. The molecule has 0 radical (unpaired) electrons. The van der Waals surface area contributed by atoms with Crippen molar-refractivity contribution in [1.29, 1.82) is 5.26 Å². The topological polar surface area (TPSA) is 115 Å². The number of piperidine rings is 1. The Labute approximate surface area is 227 Å². The number of benzene rings is 1. The van der Waals surface area contributed by atoms with Gasteiger partial charge in [-0.3, -0.25) is 9.59 Å². The summed E-state index contributed by atoms with van der Waals surface area (Å²) in [6.07, 6.45) is 2.83. The van der Waals surface area contributed by atoms with Crippen LogP contribution in [0.1, 0.15) is 58.3 Å². The molecule has 2 heterocycles. The first-order valence-electron chi connectivity index (χ1n) is 13.5. The van der Waals surface area contributed by atoms with Gasteiger partial charge in [-0.05, 0) is 56.4 Å². The molecule has 1 atom stereocenters. The zero-order chi connectivity index (χ0) is 28.3. The van der Waals surface area contributed by atoms with E-state index in [9.17, 15) is 28.4 Å². The first-order chi connectivity index (χ1) is 18.6. The van der Waals surface area contributed by atoms with Gasteiger partial charge in [-0.25, -0.2) is 18.6 Å². The van der Waals surface area contributed by atoms with Crippen LogP contribution >= 0.6 is 0 Å². The quantitative estimate of drug-likeness (QED) is 0.466. The highest BCUT2D eigenvalue weighted by molar-refractivity contribution is 6.00. The Morgan fingerprint density at radius 2 is 1.82 bits per heavy atom. The number of halogens is 2. The molecular formula is C28H35F2N5O4. The molecule has 1 aliphatic carbocycles. The van der Waals surface area contributed by atoms with Crippen LogP contribution in [0.15, 0.2) is 29.3 Å². The largest absolute Gasteiger partial charge is 0.497 e. The highest BCUT2D eigenvalue weighted by atomic mass is 19.3. The fourth-order valence-electron chi connectivity index (χ4n) is 5.32. The number of likely N-dealkylation sites (tertiary alicyclic amines) is 1. The Hall–Kier alpha value is -3.55. The standard InChI is InChI=1S/C28H35F2N5O4/c1-3-8-28(29,30)17-22(23(36)32-19-26(18-31)9-10-26)33-25(38)34-14-11-27(12-15-34)13-16-35(24(27)37)20-4-6-21(39-2)7-5-20/h4-7,19,22H,3,8-17H2,1-2H3,(H,33,38)/t22-/m0/s1. The van der Waals surface area contributed by atoms with Crippen LogP contribution in [0.4, 0.5) is 19.3 Å². The number of hydrogen-bond donors (Lipinski definition) is 1. The lowest BCUT2D eigenvalue weighted by molar-refractivity contribution is -0.127. The van der Waals surface area contributed by atoms with E-state index in [0.717, 1.165) is 5.69 Å². The Kier molecular flexibility index (Phi) is 8.23. The van der Waals surface area contributed by atoms with E-state index in [2.05, 4.69) is 16.4 Å². The maximum absolute atomic E-state index is 14.5. The van der Waals surface area contributed by atoms with E-state index in [0.29, 0.717) is 44.4 Å². The molecule has 0 unspecified atom stereocenters. The van der Waals surface area contributed by atoms with Gasteiger partial charge < -0.3 is 19.9 Å².